The van der Waals surface area contributed by atoms with E-state index in [2.05, 4.69) is 27.5 Å². The van der Waals surface area contributed by atoms with Gasteiger partial charge in [0.25, 0.3) is 0 Å². The molecule has 34 heavy (non-hydrogen) atoms. The number of nitrogen functional groups attached to an aromatic ring is 1. The smallest absolute Gasteiger partial charge is 0.159 e. The van der Waals surface area contributed by atoms with Gasteiger partial charge in [-0.2, -0.15) is 0 Å². The van der Waals surface area contributed by atoms with E-state index in [0.717, 1.165) is 24.4 Å². The highest BCUT2D eigenvalue weighted by atomic mass is 16.5. The Morgan fingerprint density at radius 1 is 0.735 bits per heavy atom. The Bertz CT molecular complexity index is 783. The molecule has 0 radical (unpaired) electrons. The molecule has 1 heterocycles. The second kappa shape index (κ2) is 17.9. The first-order valence-corrected chi connectivity index (χ1v) is 13.6. The molecule has 0 amide bonds. The summed E-state index contributed by atoms with van der Waals surface area (Å²) in [6.45, 7) is 5.72. The van der Waals surface area contributed by atoms with Crippen LogP contribution in [0.1, 0.15) is 104 Å². The van der Waals surface area contributed by atoms with Gasteiger partial charge in [0, 0.05) is 6.54 Å². The number of rotatable bonds is 20. The van der Waals surface area contributed by atoms with E-state index >= 15 is 0 Å². The van der Waals surface area contributed by atoms with Crippen molar-refractivity contribution in [2.24, 2.45) is 0 Å². The fourth-order valence-corrected chi connectivity index (χ4v) is 4.14. The van der Waals surface area contributed by atoms with Gasteiger partial charge < -0.3 is 21.1 Å². The van der Waals surface area contributed by atoms with E-state index in [4.69, 9.17) is 10.5 Å². The van der Waals surface area contributed by atoms with Crippen LogP contribution in [0.4, 0.5) is 23.0 Å². The Kier molecular flexibility index (Phi) is 14.6. The summed E-state index contributed by atoms with van der Waals surface area (Å²) in [6.07, 6.45) is 20.6. The number of aromatic nitrogens is 2. The zero-order valence-electron chi connectivity index (χ0n) is 21.6. The zero-order valence-corrected chi connectivity index (χ0v) is 21.6. The van der Waals surface area contributed by atoms with Crippen molar-refractivity contribution in [3.8, 4) is 5.75 Å². The predicted octanol–water partition coefficient (Wildman–Crippen LogP) is 8.09. The van der Waals surface area contributed by atoms with Crippen LogP contribution < -0.4 is 21.1 Å². The number of para-hydroxylation sites is 2. The largest absolute Gasteiger partial charge is 0.492 e. The number of unbranched alkanes of at least 4 members (excludes halogenated alkanes) is 13. The van der Waals surface area contributed by atoms with Gasteiger partial charge in [-0.25, -0.2) is 9.97 Å². The number of nitrogens with zero attached hydrogens (tertiary/aromatic N) is 2. The molecule has 0 aliphatic rings. The van der Waals surface area contributed by atoms with Gasteiger partial charge in [0.2, 0.25) is 0 Å². The van der Waals surface area contributed by atoms with Crippen LogP contribution in [0.5, 0.6) is 5.75 Å². The van der Waals surface area contributed by atoms with Crippen LogP contribution in [-0.2, 0) is 0 Å². The van der Waals surface area contributed by atoms with Gasteiger partial charge in [0.15, 0.2) is 11.6 Å². The molecule has 4 N–H and O–H groups in total. The molecule has 190 valence electrons. The summed E-state index contributed by atoms with van der Waals surface area (Å²) in [7, 11) is 0. The number of hydrogen-bond donors (Lipinski definition) is 3. The molecule has 2 aromatic rings. The number of nitrogens with one attached hydrogen (secondary N) is 2. The van der Waals surface area contributed by atoms with Gasteiger partial charge in [-0.3, -0.25) is 0 Å². The molecule has 0 bridgehead atoms. The van der Waals surface area contributed by atoms with Gasteiger partial charge in [-0.1, -0.05) is 103 Å². The van der Waals surface area contributed by atoms with E-state index in [0.29, 0.717) is 23.9 Å². The van der Waals surface area contributed by atoms with Crippen LogP contribution in [0.15, 0.2) is 30.6 Å². The SMILES string of the molecule is CCCCCCCCCCCCCCCCNc1ncnc(Nc2ccccc2OCC)c1N. The summed E-state index contributed by atoms with van der Waals surface area (Å²) >= 11 is 0. The van der Waals surface area contributed by atoms with E-state index in [-0.39, 0.29) is 0 Å². The fourth-order valence-electron chi connectivity index (χ4n) is 4.14. The van der Waals surface area contributed by atoms with Gasteiger partial charge in [0.05, 0.1) is 12.3 Å². The lowest BCUT2D eigenvalue weighted by atomic mass is 10.0. The van der Waals surface area contributed by atoms with Gasteiger partial charge in [-0.05, 0) is 25.5 Å². The summed E-state index contributed by atoms with van der Waals surface area (Å²) in [6, 6.07) is 7.78. The molecule has 6 heteroatoms. The van der Waals surface area contributed by atoms with Crippen molar-refractivity contribution in [2.45, 2.75) is 104 Å². The average molecular weight is 470 g/mol. The zero-order chi connectivity index (χ0) is 24.3. The monoisotopic (exact) mass is 469 g/mol. The maximum absolute atomic E-state index is 6.33. The van der Waals surface area contributed by atoms with E-state index in [9.17, 15) is 0 Å². The van der Waals surface area contributed by atoms with Crippen molar-refractivity contribution < 1.29 is 4.74 Å². The molecule has 0 atom stereocenters. The number of ether oxygens (including phenoxy) is 1. The molecule has 0 aliphatic heterocycles. The van der Waals surface area contributed by atoms with Crippen molar-refractivity contribution in [1.82, 2.24) is 9.97 Å². The first-order chi connectivity index (χ1) is 16.8. The third-order valence-corrected chi connectivity index (χ3v) is 6.15. The fraction of sp³-hybridized carbons (Fsp3) is 0.643. The second-order valence-electron chi connectivity index (χ2n) is 9.06. The summed E-state index contributed by atoms with van der Waals surface area (Å²) in [5.41, 5.74) is 7.69. The van der Waals surface area contributed by atoms with Crippen LogP contribution in [0.2, 0.25) is 0 Å². The Morgan fingerprint density at radius 3 is 1.91 bits per heavy atom. The molecule has 0 saturated carbocycles. The molecule has 0 unspecified atom stereocenters. The number of hydrogen-bond acceptors (Lipinski definition) is 6. The van der Waals surface area contributed by atoms with E-state index in [1.807, 2.05) is 31.2 Å². The topological polar surface area (TPSA) is 85.1 Å². The summed E-state index contributed by atoms with van der Waals surface area (Å²) in [5, 5.41) is 6.65. The lowest BCUT2D eigenvalue weighted by Gasteiger charge is -2.15. The molecule has 6 nitrogen and oxygen atoms in total. The van der Waals surface area contributed by atoms with E-state index in [1.165, 1.54) is 89.8 Å². The molecule has 0 fully saturated rings. The van der Waals surface area contributed by atoms with Crippen molar-refractivity contribution in [3.63, 3.8) is 0 Å². The lowest BCUT2D eigenvalue weighted by molar-refractivity contribution is 0.342. The summed E-state index contributed by atoms with van der Waals surface area (Å²) < 4.78 is 5.68. The minimum absolute atomic E-state index is 0.527. The Balaban J connectivity index is 1.56. The van der Waals surface area contributed by atoms with Crippen molar-refractivity contribution in [1.29, 1.82) is 0 Å². The van der Waals surface area contributed by atoms with E-state index in [1.54, 1.807) is 0 Å². The summed E-state index contributed by atoms with van der Waals surface area (Å²) in [4.78, 5) is 8.64. The molecular weight excluding hydrogens is 422 g/mol. The molecule has 0 saturated heterocycles. The molecule has 1 aromatic heterocycles. The Hall–Kier alpha value is -2.50. The lowest BCUT2D eigenvalue weighted by Crippen LogP contribution is -2.09. The van der Waals surface area contributed by atoms with Crippen molar-refractivity contribution in [3.05, 3.63) is 30.6 Å². The third kappa shape index (κ3) is 11.1. The highest BCUT2D eigenvalue weighted by molar-refractivity contribution is 5.79. The molecule has 2 rings (SSSR count). The molecular formula is C28H47N5O. The molecule has 1 aromatic carbocycles. The minimum atomic E-state index is 0.527. The molecule has 0 spiro atoms. The Morgan fingerprint density at radius 2 is 1.29 bits per heavy atom. The van der Waals surface area contributed by atoms with Crippen LogP contribution in [-0.4, -0.2) is 23.1 Å². The summed E-state index contributed by atoms with van der Waals surface area (Å²) in [5.74, 6) is 2.05. The minimum Gasteiger partial charge on any atom is -0.492 e. The van der Waals surface area contributed by atoms with Gasteiger partial charge in [0.1, 0.15) is 17.8 Å². The first kappa shape index (κ1) is 27.7. The normalized spacial score (nSPS) is 10.9. The van der Waals surface area contributed by atoms with Crippen molar-refractivity contribution in [2.75, 3.05) is 29.5 Å². The first-order valence-electron chi connectivity index (χ1n) is 13.6. The van der Waals surface area contributed by atoms with Crippen LogP contribution >= 0.6 is 0 Å². The number of nitrogens with two attached hydrogens (primary N) is 1. The predicted molar refractivity (Wildman–Crippen MR) is 146 cm³/mol. The quantitative estimate of drug-likeness (QED) is 0.170. The number of benzene rings is 1. The van der Waals surface area contributed by atoms with Gasteiger partial charge >= 0.3 is 0 Å². The van der Waals surface area contributed by atoms with Gasteiger partial charge in [-0.15, -0.1) is 0 Å². The van der Waals surface area contributed by atoms with Crippen LogP contribution in [0, 0.1) is 0 Å². The van der Waals surface area contributed by atoms with Crippen LogP contribution in [0.3, 0.4) is 0 Å². The highest BCUT2D eigenvalue weighted by Gasteiger charge is 2.10. The second-order valence-corrected chi connectivity index (χ2v) is 9.06. The standard InChI is InChI=1S/C28H47N5O/c1-3-5-6-7-8-9-10-11-12-13-14-15-16-19-22-30-27-26(29)28(32-23-31-27)33-24-20-17-18-21-25(24)34-4-2/h17-18,20-21,23H,3-16,19,22,29H2,1-2H3,(H2,30,31,32,33). The maximum Gasteiger partial charge on any atom is 0.159 e. The highest BCUT2D eigenvalue weighted by Crippen LogP contribution is 2.31. The molecule has 0 aliphatic carbocycles. The number of anilines is 4. The Labute approximate surface area is 207 Å². The third-order valence-electron chi connectivity index (χ3n) is 6.15. The van der Waals surface area contributed by atoms with Crippen LogP contribution in [0.25, 0.3) is 0 Å². The van der Waals surface area contributed by atoms with E-state index < -0.39 is 0 Å². The maximum atomic E-state index is 6.33. The average Bonchev–Trinajstić information content (AvgIpc) is 2.85. The van der Waals surface area contributed by atoms with Crippen molar-refractivity contribution >= 4 is 23.0 Å².